The van der Waals surface area contributed by atoms with E-state index in [-0.39, 0.29) is 5.41 Å². The second-order valence-electron chi connectivity index (χ2n) is 5.72. The summed E-state index contributed by atoms with van der Waals surface area (Å²) >= 11 is 0. The minimum absolute atomic E-state index is 0.275. The SMILES string of the molecule is CNc1ccc(C2(C3CCN(C)C3)COC2)cc1. The number of ether oxygens (including phenoxy) is 1. The highest BCUT2D eigenvalue weighted by Gasteiger charge is 2.48. The molecule has 18 heavy (non-hydrogen) atoms. The molecule has 98 valence electrons. The Labute approximate surface area is 109 Å². The molecule has 1 N–H and O–H groups in total. The van der Waals surface area contributed by atoms with Crippen LogP contribution in [-0.2, 0) is 10.2 Å². The van der Waals surface area contributed by atoms with Crippen LogP contribution < -0.4 is 5.32 Å². The highest BCUT2D eigenvalue weighted by atomic mass is 16.5. The number of benzene rings is 1. The Morgan fingerprint density at radius 3 is 2.44 bits per heavy atom. The molecule has 3 nitrogen and oxygen atoms in total. The first-order valence-corrected chi connectivity index (χ1v) is 6.79. The van der Waals surface area contributed by atoms with Crippen molar-refractivity contribution in [1.29, 1.82) is 0 Å². The molecule has 0 aliphatic carbocycles. The number of anilines is 1. The van der Waals surface area contributed by atoms with Crippen molar-refractivity contribution in [3.8, 4) is 0 Å². The topological polar surface area (TPSA) is 24.5 Å². The van der Waals surface area contributed by atoms with Gasteiger partial charge in [-0.25, -0.2) is 0 Å². The molecule has 1 aromatic carbocycles. The van der Waals surface area contributed by atoms with Gasteiger partial charge in [-0.15, -0.1) is 0 Å². The molecule has 0 amide bonds. The van der Waals surface area contributed by atoms with Crippen molar-refractivity contribution < 1.29 is 4.74 Å². The normalized spacial score (nSPS) is 26.9. The van der Waals surface area contributed by atoms with Crippen LogP contribution in [0.25, 0.3) is 0 Å². The van der Waals surface area contributed by atoms with Crippen LogP contribution in [0.5, 0.6) is 0 Å². The second kappa shape index (κ2) is 4.56. The van der Waals surface area contributed by atoms with Crippen molar-refractivity contribution in [1.82, 2.24) is 4.90 Å². The Morgan fingerprint density at radius 1 is 1.28 bits per heavy atom. The average molecular weight is 246 g/mol. The van der Waals surface area contributed by atoms with E-state index in [1.165, 1.54) is 30.8 Å². The number of hydrogen-bond donors (Lipinski definition) is 1. The largest absolute Gasteiger partial charge is 0.388 e. The van der Waals surface area contributed by atoms with Gasteiger partial charge < -0.3 is 15.0 Å². The van der Waals surface area contributed by atoms with Crippen LogP contribution in [0.15, 0.2) is 24.3 Å². The van der Waals surface area contributed by atoms with Gasteiger partial charge in [-0.1, -0.05) is 12.1 Å². The number of nitrogens with zero attached hydrogens (tertiary/aromatic N) is 1. The maximum atomic E-state index is 5.56. The van der Waals surface area contributed by atoms with Crippen LogP contribution >= 0.6 is 0 Å². The summed E-state index contributed by atoms with van der Waals surface area (Å²) in [4.78, 5) is 2.44. The van der Waals surface area contributed by atoms with Gasteiger partial charge in [-0.05, 0) is 43.6 Å². The smallest absolute Gasteiger partial charge is 0.0588 e. The monoisotopic (exact) mass is 246 g/mol. The minimum atomic E-state index is 0.275. The zero-order valence-electron chi connectivity index (χ0n) is 11.3. The zero-order chi connectivity index (χ0) is 12.6. The van der Waals surface area contributed by atoms with Gasteiger partial charge in [0, 0.05) is 24.7 Å². The summed E-state index contributed by atoms with van der Waals surface area (Å²) in [5.74, 6) is 0.747. The van der Waals surface area contributed by atoms with Gasteiger partial charge in [-0.3, -0.25) is 0 Å². The molecule has 3 rings (SSSR count). The maximum Gasteiger partial charge on any atom is 0.0588 e. The first kappa shape index (κ1) is 12.0. The molecule has 3 heteroatoms. The van der Waals surface area contributed by atoms with Crippen molar-refractivity contribution in [2.24, 2.45) is 5.92 Å². The van der Waals surface area contributed by atoms with E-state index < -0.39 is 0 Å². The van der Waals surface area contributed by atoms with Crippen LogP contribution in [-0.4, -0.2) is 45.3 Å². The molecule has 0 bridgehead atoms. The summed E-state index contributed by atoms with van der Waals surface area (Å²) in [5.41, 5.74) is 2.91. The Kier molecular flexibility index (Phi) is 3.04. The van der Waals surface area contributed by atoms with E-state index in [1.807, 2.05) is 7.05 Å². The van der Waals surface area contributed by atoms with Gasteiger partial charge in [0.25, 0.3) is 0 Å². The number of rotatable bonds is 3. The van der Waals surface area contributed by atoms with Crippen LogP contribution in [0.1, 0.15) is 12.0 Å². The Morgan fingerprint density at radius 2 is 2.00 bits per heavy atom. The predicted octanol–water partition coefficient (Wildman–Crippen LogP) is 1.95. The van der Waals surface area contributed by atoms with Crippen molar-refractivity contribution in [2.75, 3.05) is 45.7 Å². The quantitative estimate of drug-likeness (QED) is 0.882. The molecule has 0 aromatic heterocycles. The van der Waals surface area contributed by atoms with E-state index in [1.54, 1.807) is 0 Å². The second-order valence-corrected chi connectivity index (χ2v) is 5.72. The Bertz CT molecular complexity index is 411. The molecule has 2 heterocycles. The number of nitrogens with one attached hydrogen (secondary N) is 1. The summed E-state index contributed by atoms with van der Waals surface area (Å²) in [5, 5.41) is 3.18. The lowest BCUT2D eigenvalue weighted by atomic mass is 9.68. The van der Waals surface area contributed by atoms with Gasteiger partial charge in [0.15, 0.2) is 0 Å². The van der Waals surface area contributed by atoms with Crippen molar-refractivity contribution >= 4 is 5.69 Å². The molecular formula is C15H22N2O. The fraction of sp³-hybridized carbons (Fsp3) is 0.600. The fourth-order valence-electron chi connectivity index (χ4n) is 3.31. The van der Waals surface area contributed by atoms with Gasteiger partial charge in [-0.2, -0.15) is 0 Å². The third-order valence-corrected chi connectivity index (χ3v) is 4.64. The molecule has 1 aromatic rings. The lowest BCUT2D eigenvalue weighted by molar-refractivity contribution is -0.0883. The van der Waals surface area contributed by atoms with E-state index >= 15 is 0 Å². The molecule has 0 spiro atoms. The van der Waals surface area contributed by atoms with Gasteiger partial charge in [0.2, 0.25) is 0 Å². The van der Waals surface area contributed by atoms with Crippen LogP contribution in [0, 0.1) is 5.92 Å². The van der Waals surface area contributed by atoms with E-state index in [2.05, 4.69) is 41.5 Å². The molecule has 2 fully saturated rings. The van der Waals surface area contributed by atoms with E-state index in [0.717, 1.165) is 19.1 Å². The predicted molar refractivity (Wildman–Crippen MR) is 74.1 cm³/mol. The third kappa shape index (κ3) is 1.82. The van der Waals surface area contributed by atoms with Gasteiger partial charge >= 0.3 is 0 Å². The maximum absolute atomic E-state index is 5.56. The van der Waals surface area contributed by atoms with E-state index in [9.17, 15) is 0 Å². The van der Waals surface area contributed by atoms with Crippen molar-refractivity contribution in [3.05, 3.63) is 29.8 Å². The third-order valence-electron chi connectivity index (χ3n) is 4.64. The highest BCUT2D eigenvalue weighted by Crippen LogP contribution is 2.43. The van der Waals surface area contributed by atoms with Crippen molar-refractivity contribution in [3.63, 3.8) is 0 Å². The molecule has 2 saturated heterocycles. The summed E-state index contributed by atoms with van der Waals surface area (Å²) in [6, 6.07) is 8.89. The number of hydrogen-bond acceptors (Lipinski definition) is 3. The van der Waals surface area contributed by atoms with Gasteiger partial charge in [0.05, 0.1) is 13.2 Å². The summed E-state index contributed by atoms with van der Waals surface area (Å²) in [6.45, 7) is 4.22. The summed E-state index contributed by atoms with van der Waals surface area (Å²) < 4.78 is 5.56. The molecule has 1 unspecified atom stereocenters. The zero-order valence-corrected chi connectivity index (χ0v) is 11.3. The lowest BCUT2D eigenvalue weighted by Crippen LogP contribution is -2.53. The Hall–Kier alpha value is -1.06. The van der Waals surface area contributed by atoms with E-state index in [4.69, 9.17) is 4.74 Å². The Balaban J connectivity index is 1.86. The van der Waals surface area contributed by atoms with Crippen LogP contribution in [0.3, 0.4) is 0 Å². The first-order chi connectivity index (χ1) is 8.74. The molecule has 2 aliphatic heterocycles. The molecule has 1 atom stereocenters. The van der Waals surface area contributed by atoms with Crippen LogP contribution in [0.2, 0.25) is 0 Å². The molecule has 0 radical (unpaired) electrons. The summed E-state index contributed by atoms with van der Waals surface area (Å²) in [7, 11) is 4.18. The number of likely N-dealkylation sites (tertiary alicyclic amines) is 1. The van der Waals surface area contributed by atoms with Crippen LogP contribution in [0.4, 0.5) is 5.69 Å². The molecule has 0 saturated carbocycles. The molecule has 2 aliphatic rings. The first-order valence-electron chi connectivity index (χ1n) is 6.79. The van der Waals surface area contributed by atoms with Gasteiger partial charge in [0.1, 0.15) is 0 Å². The highest BCUT2D eigenvalue weighted by molar-refractivity contribution is 5.46. The minimum Gasteiger partial charge on any atom is -0.388 e. The average Bonchev–Trinajstić information content (AvgIpc) is 2.76. The van der Waals surface area contributed by atoms with E-state index in [0.29, 0.717) is 0 Å². The fourth-order valence-corrected chi connectivity index (χ4v) is 3.31. The van der Waals surface area contributed by atoms with Crippen molar-refractivity contribution in [2.45, 2.75) is 11.8 Å². The standard InChI is InChI=1S/C15H22N2O/c1-16-14-5-3-12(4-6-14)15(10-18-11-15)13-7-8-17(2)9-13/h3-6,13,16H,7-11H2,1-2H3. The lowest BCUT2D eigenvalue weighted by Gasteiger charge is -2.46. The summed E-state index contributed by atoms with van der Waals surface area (Å²) in [6.07, 6.45) is 1.30. The molecular weight excluding hydrogens is 224 g/mol.